The molecule has 2 rings (SSSR count). The molecule has 0 aliphatic heterocycles. The lowest BCUT2D eigenvalue weighted by Crippen LogP contribution is -2.67. The molecule has 190 valence electrons. The molecular weight excluding hydrogens is 482 g/mol. The summed E-state index contributed by atoms with van der Waals surface area (Å²) >= 11 is 0. The predicted molar refractivity (Wildman–Crippen MR) is 125 cm³/mol. The zero-order valence-electron chi connectivity index (χ0n) is 19.5. The van der Waals surface area contributed by atoms with E-state index in [4.69, 9.17) is 4.43 Å². The van der Waals surface area contributed by atoms with Crippen molar-refractivity contribution in [2.24, 2.45) is 5.41 Å². The molecule has 14 heteroatoms. The molecule has 0 fully saturated rings. The largest absolute Gasteiger partial charge is 0.407 e. The Labute approximate surface area is 202 Å². The van der Waals surface area contributed by atoms with E-state index in [0.717, 1.165) is 10.4 Å². The smallest absolute Gasteiger partial charge is 0.294 e. The summed E-state index contributed by atoms with van der Waals surface area (Å²) in [6, 6.07) is 18.7. The molecule has 0 unspecified atom stereocenters. The van der Waals surface area contributed by atoms with Gasteiger partial charge in [-0.15, -0.1) is 30.3 Å². The number of nitrogens with zero attached hydrogens (tertiary/aromatic N) is 3. The van der Waals surface area contributed by atoms with Crippen LogP contribution in [-0.4, -0.2) is 50.0 Å². The van der Waals surface area contributed by atoms with Gasteiger partial charge in [-0.2, -0.15) is 0 Å². The molecule has 0 N–H and O–H groups in total. The van der Waals surface area contributed by atoms with Crippen molar-refractivity contribution >= 4 is 18.7 Å². The molecule has 0 saturated carbocycles. The molecular formula is C21H27N3O10Si. The van der Waals surface area contributed by atoms with Gasteiger partial charge in [0.2, 0.25) is 0 Å². The van der Waals surface area contributed by atoms with Gasteiger partial charge in [-0.25, -0.2) is 0 Å². The van der Waals surface area contributed by atoms with E-state index >= 15 is 0 Å². The van der Waals surface area contributed by atoms with Gasteiger partial charge in [0.1, 0.15) is 19.8 Å². The second kappa shape index (κ2) is 11.6. The van der Waals surface area contributed by atoms with Crippen molar-refractivity contribution in [3.8, 4) is 0 Å². The molecule has 0 aromatic heterocycles. The van der Waals surface area contributed by atoms with Crippen LogP contribution >= 0.6 is 0 Å². The summed E-state index contributed by atoms with van der Waals surface area (Å²) in [6.45, 7) is 3.15. The van der Waals surface area contributed by atoms with Crippen LogP contribution in [0.3, 0.4) is 0 Å². The monoisotopic (exact) mass is 509 g/mol. The third-order valence-corrected chi connectivity index (χ3v) is 10.4. The van der Waals surface area contributed by atoms with Crippen LogP contribution < -0.4 is 10.4 Å². The summed E-state index contributed by atoms with van der Waals surface area (Å²) in [7, 11) is -3.20. The van der Waals surface area contributed by atoms with Crippen LogP contribution in [0.1, 0.15) is 20.8 Å². The maximum atomic E-state index is 10.9. The van der Waals surface area contributed by atoms with Crippen LogP contribution in [0.2, 0.25) is 5.04 Å². The van der Waals surface area contributed by atoms with Crippen LogP contribution in [0.4, 0.5) is 0 Å². The first-order valence-electron chi connectivity index (χ1n) is 10.5. The number of benzene rings is 2. The zero-order valence-corrected chi connectivity index (χ0v) is 20.5. The first kappa shape index (κ1) is 27.5. The van der Waals surface area contributed by atoms with Crippen LogP contribution in [0.15, 0.2) is 60.7 Å². The third-order valence-electron chi connectivity index (χ3n) is 5.44. The van der Waals surface area contributed by atoms with Crippen molar-refractivity contribution in [3.63, 3.8) is 0 Å². The van der Waals surface area contributed by atoms with Gasteiger partial charge in [-0.3, -0.25) is 0 Å². The van der Waals surface area contributed by atoms with Gasteiger partial charge in [-0.1, -0.05) is 81.4 Å². The van der Waals surface area contributed by atoms with Crippen molar-refractivity contribution < 1.29 is 34.2 Å². The van der Waals surface area contributed by atoms with E-state index in [-0.39, 0.29) is 0 Å². The fourth-order valence-corrected chi connectivity index (χ4v) is 8.52. The van der Waals surface area contributed by atoms with E-state index in [0.29, 0.717) is 0 Å². The summed E-state index contributed by atoms with van der Waals surface area (Å²) in [6.07, 6.45) is 0. The van der Waals surface area contributed by atoms with Crippen LogP contribution in [-0.2, 0) is 18.9 Å². The van der Waals surface area contributed by atoms with Crippen molar-refractivity contribution in [2.45, 2.75) is 25.8 Å². The van der Waals surface area contributed by atoms with Crippen LogP contribution in [0, 0.1) is 35.8 Å². The normalized spacial score (nSPS) is 12.0. The minimum absolute atomic E-state index is 0.421. The minimum atomic E-state index is -3.20. The Morgan fingerprint density at radius 1 is 0.657 bits per heavy atom. The fourth-order valence-electron chi connectivity index (χ4n) is 3.84. The lowest BCUT2D eigenvalue weighted by molar-refractivity contribution is -0.782. The van der Waals surface area contributed by atoms with Gasteiger partial charge in [0.15, 0.2) is 0 Å². The Kier molecular flexibility index (Phi) is 9.08. The Hall–Kier alpha value is -3.78. The highest BCUT2D eigenvalue weighted by Gasteiger charge is 2.52. The van der Waals surface area contributed by atoms with E-state index < -0.39 is 60.5 Å². The molecule has 35 heavy (non-hydrogen) atoms. The quantitative estimate of drug-likeness (QED) is 0.209. The zero-order chi connectivity index (χ0) is 26.1. The van der Waals surface area contributed by atoms with Gasteiger partial charge in [-0.05, 0) is 15.4 Å². The van der Waals surface area contributed by atoms with E-state index in [1.54, 1.807) is 0 Å². The minimum Gasteiger partial charge on any atom is -0.407 e. The molecule has 0 saturated heterocycles. The Morgan fingerprint density at radius 3 is 1.29 bits per heavy atom. The molecule has 0 spiro atoms. The fraction of sp³-hybridized carbons (Fsp3) is 0.429. The first-order valence-corrected chi connectivity index (χ1v) is 12.4. The molecule has 13 nitrogen and oxygen atoms in total. The molecule has 0 aliphatic rings. The van der Waals surface area contributed by atoms with Gasteiger partial charge in [0.05, 0.1) is 5.41 Å². The van der Waals surface area contributed by atoms with Crippen LogP contribution in [0.5, 0.6) is 0 Å². The summed E-state index contributed by atoms with van der Waals surface area (Å²) < 4.78 is 6.66. The van der Waals surface area contributed by atoms with E-state index in [2.05, 4.69) is 14.5 Å². The molecule has 0 heterocycles. The lowest BCUT2D eigenvalue weighted by atomic mass is 9.93. The van der Waals surface area contributed by atoms with Crippen molar-refractivity contribution in [1.82, 2.24) is 0 Å². The van der Waals surface area contributed by atoms with Crippen LogP contribution in [0.25, 0.3) is 0 Å². The number of rotatable bonds is 14. The first-order chi connectivity index (χ1) is 16.4. The van der Waals surface area contributed by atoms with Crippen molar-refractivity contribution in [3.05, 3.63) is 91.0 Å². The Balaban J connectivity index is 2.61. The predicted octanol–water partition coefficient (Wildman–Crippen LogP) is 2.17. The van der Waals surface area contributed by atoms with E-state index in [1.165, 1.54) is 0 Å². The highest BCUT2D eigenvalue weighted by molar-refractivity contribution is 6.99. The Morgan fingerprint density at radius 2 is 1.00 bits per heavy atom. The van der Waals surface area contributed by atoms with Gasteiger partial charge < -0.3 is 18.9 Å². The van der Waals surface area contributed by atoms with Gasteiger partial charge >= 0.3 is 0 Å². The maximum absolute atomic E-state index is 10.9. The highest BCUT2D eigenvalue weighted by atomic mass is 28.4. The average Bonchev–Trinajstić information content (AvgIpc) is 2.80. The molecule has 0 bridgehead atoms. The number of hydrogen-bond acceptors (Lipinski definition) is 10. The van der Waals surface area contributed by atoms with Crippen molar-refractivity contribution in [1.29, 1.82) is 0 Å². The van der Waals surface area contributed by atoms with Crippen molar-refractivity contribution in [2.75, 3.05) is 26.4 Å². The summed E-state index contributed by atoms with van der Waals surface area (Å²) in [5.74, 6) is 0. The summed E-state index contributed by atoms with van der Waals surface area (Å²) in [5.41, 5.74) is -1.75. The van der Waals surface area contributed by atoms with E-state index in [1.807, 2.05) is 81.4 Å². The maximum Gasteiger partial charge on any atom is 0.294 e. The highest BCUT2D eigenvalue weighted by Crippen LogP contribution is 2.38. The molecule has 0 radical (unpaired) electrons. The van der Waals surface area contributed by atoms with E-state index in [9.17, 15) is 30.3 Å². The standard InChI is InChI=1S/C21H27N3O10Si/c1-20(2,3)35(18-10-6-4-7-11-18,19-12-8-5-9-13-19)34-17-21(14-31-22(25)26,15-32-23(27)28)16-33-24(29)30/h4-13H,14-17H2,1-3H3. The molecule has 2 aromatic carbocycles. The second-order valence-electron chi connectivity index (χ2n) is 8.94. The third kappa shape index (κ3) is 7.10. The summed E-state index contributed by atoms with van der Waals surface area (Å²) in [5, 5.41) is 30.7. The molecule has 2 aromatic rings. The SMILES string of the molecule is CC(C)(C)[Si](OCC(CO[N+](=O)[O-])(CO[N+](=O)[O-])CO[N+](=O)[O-])(c1ccccc1)c1ccccc1. The number of hydrogen-bond donors (Lipinski definition) is 0. The average molecular weight is 510 g/mol. The molecule has 0 aliphatic carbocycles. The van der Waals surface area contributed by atoms with Gasteiger partial charge in [0, 0.05) is 6.61 Å². The lowest BCUT2D eigenvalue weighted by Gasteiger charge is -2.45. The topological polar surface area (TPSA) is 166 Å². The Bertz CT molecular complexity index is 916. The summed E-state index contributed by atoms with van der Waals surface area (Å²) in [4.78, 5) is 46.2. The molecule has 0 atom stereocenters. The second-order valence-corrected chi connectivity index (χ2v) is 13.2. The van der Waals surface area contributed by atoms with Gasteiger partial charge in [0.25, 0.3) is 23.6 Å². The molecule has 0 amide bonds.